The molecule has 1 aliphatic carbocycles. The number of rotatable bonds is 5. The van der Waals surface area contributed by atoms with Gasteiger partial charge >= 0.3 is 0 Å². The van der Waals surface area contributed by atoms with E-state index in [1.807, 2.05) is 24.3 Å². The summed E-state index contributed by atoms with van der Waals surface area (Å²) in [6.07, 6.45) is 4.49. The fraction of sp³-hybridized carbons (Fsp3) is 0.444. The minimum absolute atomic E-state index is 0.00984. The Morgan fingerprint density at radius 1 is 1.38 bits per heavy atom. The van der Waals surface area contributed by atoms with Gasteiger partial charge in [0.1, 0.15) is 5.75 Å². The molecule has 1 aliphatic rings. The maximum Gasteiger partial charge on any atom is 0.223 e. The highest BCUT2D eigenvalue weighted by Crippen LogP contribution is 2.26. The zero-order valence-electron chi connectivity index (χ0n) is 13.8. The maximum absolute atomic E-state index is 12.3. The number of H-pyrrole nitrogens is 1. The van der Waals surface area contributed by atoms with Crippen LogP contribution >= 0.6 is 0 Å². The summed E-state index contributed by atoms with van der Waals surface area (Å²) in [4.78, 5) is 12.3. The first-order valence-corrected chi connectivity index (χ1v) is 8.30. The molecule has 6 heteroatoms. The molecule has 2 aromatic rings. The van der Waals surface area contributed by atoms with E-state index in [9.17, 15) is 9.90 Å². The molecule has 0 radical (unpaired) electrons. The Morgan fingerprint density at radius 3 is 2.88 bits per heavy atom. The molecule has 3 N–H and O–H groups in total. The third kappa shape index (κ3) is 3.76. The van der Waals surface area contributed by atoms with Crippen molar-refractivity contribution in [3.63, 3.8) is 0 Å². The second-order valence-electron chi connectivity index (χ2n) is 6.23. The highest BCUT2D eigenvalue weighted by molar-refractivity contribution is 5.79. The van der Waals surface area contributed by atoms with E-state index >= 15 is 0 Å². The molecule has 0 aliphatic heterocycles. The minimum Gasteiger partial charge on any atom is -0.497 e. The first-order valence-electron chi connectivity index (χ1n) is 8.30. The second-order valence-corrected chi connectivity index (χ2v) is 6.23. The molecule has 0 saturated heterocycles. The third-order valence-corrected chi connectivity index (χ3v) is 4.57. The Kier molecular flexibility index (Phi) is 5.15. The quantitative estimate of drug-likeness (QED) is 0.785. The summed E-state index contributed by atoms with van der Waals surface area (Å²) < 4.78 is 5.17. The normalized spacial score (nSPS) is 20.6. The number of aliphatic hydroxyl groups is 1. The van der Waals surface area contributed by atoms with Crippen LogP contribution in [0.25, 0.3) is 11.3 Å². The number of hydrogen-bond donors (Lipinski definition) is 3. The molecule has 1 aromatic carbocycles. The van der Waals surface area contributed by atoms with Crippen LogP contribution in [0.4, 0.5) is 0 Å². The Labute approximate surface area is 141 Å². The SMILES string of the molecule is COc1ccc(-c2[nH]ncc2CNC(=O)[C@H]2CCC[C@H](O)C2)cc1. The number of ether oxygens (including phenoxy) is 1. The van der Waals surface area contributed by atoms with E-state index in [0.29, 0.717) is 13.0 Å². The zero-order chi connectivity index (χ0) is 16.9. The smallest absolute Gasteiger partial charge is 0.223 e. The predicted octanol–water partition coefficient (Wildman–Crippen LogP) is 2.25. The fourth-order valence-electron chi connectivity index (χ4n) is 3.18. The molecule has 0 spiro atoms. The van der Waals surface area contributed by atoms with Gasteiger partial charge in [0.15, 0.2) is 0 Å². The standard InChI is InChI=1S/C18H23N3O3/c1-24-16-7-5-12(6-8-16)17-14(11-20-21-17)10-19-18(23)13-3-2-4-15(22)9-13/h5-8,11,13,15,22H,2-4,9-10H2,1H3,(H,19,23)(H,20,21)/t13-,15-/m0/s1. The van der Waals surface area contributed by atoms with E-state index in [1.165, 1.54) is 0 Å². The van der Waals surface area contributed by atoms with Gasteiger partial charge < -0.3 is 15.2 Å². The number of nitrogens with one attached hydrogen (secondary N) is 2. The Bertz CT molecular complexity index is 681. The van der Waals surface area contributed by atoms with Crippen molar-refractivity contribution in [1.29, 1.82) is 0 Å². The van der Waals surface area contributed by atoms with Crippen LogP contribution in [0.5, 0.6) is 5.75 Å². The number of carbonyl (C=O) groups excluding carboxylic acids is 1. The summed E-state index contributed by atoms with van der Waals surface area (Å²) in [5.41, 5.74) is 2.82. The van der Waals surface area contributed by atoms with Crippen LogP contribution in [0, 0.1) is 5.92 Å². The van der Waals surface area contributed by atoms with Crippen molar-refractivity contribution in [2.75, 3.05) is 7.11 Å². The lowest BCUT2D eigenvalue weighted by atomic mass is 9.86. The van der Waals surface area contributed by atoms with Crippen molar-refractivity contribution in [2.45, 2.75) is 38.3 Å². The van der Waals surface area contributed by atoms with E-state index in [0.717, 1.165) is 41.8 Å². The van der Waals surface area contributed by atoms with Crippen LogP contribution in [0.3, 0.4) is 0 Å². The highest BCUT2D eigenvalue weighted by Gasteiger charge is 2.26. The molecule has 1 aromatic heterocycles. The van der Waals surface area contributed by atoms with Gasteiger partial charge in [-0.05, 0) is 43.5 Å². The van der Waals surface area contributed by atoms with Gasteiger partial charge in [-0.25, -0.2) is 0 Å². The van der Waals surface area contributed by atoms with Crippen LogP contribution in [0.2, 0.25) is 0 Å². The lowest BCUT2D eigenvalue weighted by Gasteiger charge is -2.24. The number of aliphatic hydroxyl groups excluding tert-OH is 1. The van der Waals surface area contributed by atoms with Gasteiger partial charge in [0.2, 0.25) is 5.91 Å². The molecule has 2 atom stereocenters. The minimum atomic E-state index is -0.349. The topological polar surface area (TPSA) is 87.2 Å². The first kappa shape index (κ1) is 16.5. The lowest BCUT2D eigenvalue weighted by Crippen LogP contribution is -2.34. The van der Waals surface area contributed by atoms with Crippen molar-refractivity contribution in [3.8, 4) is 17.0 Å². The molecule has 0 unspecified atom stereocenters. The molecule has 3 rings (SSSR count). The van der Waals surface area contributed by atoms with Crippen molar-refractivity contribution in [2.24, 2.45) is 5.92 Å². The van der Waals surface area contributed by atoms with Crippen molar-refractivity contribution in [3.05, 3.63) is 36.0 Å². The largest absolute Gasteiger partial charge is 0.497 e. The van der Waals surface area contributed by atoms with Crippen LogP contribution < -0.4 is 10.1 Å². The first-order chi connectivity index (χ1) is 11.7. The average molecular weight is 329 g/mol. The lowest BCUT2D eigenvalue weighted by molar-refractivity contribution is -0.127. The fourth-order valence-corrected chi connectivity index (χ4v) is 3.18. The molecule has 1 saturated carbocycles. The van der Waals surface area contributed by atoms with Crippen molar-refractivity contribution < 1.29 is 14.6 Å². The number of aromatic amines is 1. The molecule has 24 heavy (non-hydrogen) atoms. The number of aromatic nitrogens is 2. The monoisotopic (exact) mass is 329 g/mol. The second kappa shape index (κ2) is 7.49. The van der Waals surface area contributed by atoms with E-state index < -0.39 is 0 Å². The summed E-state index contributed by atoms with van der Waals surface area (Å²) in [5, 5.41) is 19.8. The summed E-state index contributed by atoms with van der Waals surface area (Å²) in [7, 11) is 1.63. The molecule has 1 amide bonds. The van der Waals surface area contributed by atoms with E-state index in [-0.39, 0.29) is 17.9 Å². The number of amides is 1. The Morgan fingerprint density at radius 2 is 2.17 bits per heavy atom. The summed E-state index contributed by atoms with van der Waals surface area (Å²) in [6.45, 7) is 0.420. The molecule has 1 heterocycles. The zero-order valence-corrected chi connectivity index (χ0v) is 13.8. The number of benzene rings is 1. The summed E-state index contributed by atoms with van der Waals surface area (Å²) in [6, 6.07) is 7.69. The van der Waals surface area contributed by atoms with Crippen LogP contribution in [-0.4, -0.2) is 34.4 Å². The number of hydrogen-bond acceptors (Lipinski definition) is 4. The third-order valence-electron chi connectivity index (χ3n) is 4.57. The summed E-state index contributed by atoms with van der Waals surface area (Å²) >= 11 is 0. The van der Waals surface area contributed by atoms with Gasteiger partial charge in [0, 0.05) is 23.6 Å². The van der Waals surface area contributed by atoms with Crippen LogP contribution in [0.15, 0.2) is 30.5 Å². The van der Waals surface area contributed by atoms with Gasteiger partial charge in [0.05, 0.1) is 25.1 Å². The number of carbonyl (C=O) groups is 1. The molecule has 0 bridgehead atoms. The summed E-state index contributed by atoms with van der Waals surface area (Å²) in [5.74, 6) is 0.713. The van der Waals surface area contributed by atoms with Crippen molar-refractivity contribution >= 4 is 5.91 Å². The van der Waals surface area contributed by atoms with Crippen LogP contribution in [-0.2, 0) is 11.3 Å². The average Bonchev–Trinajstić information content (AvgIpc) is 3.08. The van der Waals surface area contributed by atoms with Gasteiger partial charge in [0.25, 0.3) is 0 Å². The Hall–Kier alpha value is -2.34. The molecular weight excluding hydrogens is 306 g/mol. The predicted molar refractivity (Wildman–Crippen MR) is 90.4 cm³/mol. The van der Waals surface area contributed by atoms with Crippen LogP contribution in [0.1, 0.15) is 31.2 Å². The van der Waals surface area contributed by atoms with E-state index in [1.54, 1.807) is 13.3 Å². The van der Waals surface area contributed by atoms with Gasteiger partial charge in [-0.15, -0.1) is 0 Å². The van der Waals surface area contributed by atoms with E-state index in [4.69, 9.17) is 4.74 Å². The molecule has 128 valence electrons. The highest BCUT2D eigenvalue weighted by atomic mass is 16.5. The van der Waals surface area contributed by atoms with Gasteiger partial charge in [-0.2, -0.15) is 5.10 Å². The van der Waals surface area contributed by atoms with Gasteiger partial charge in [-0.3, -0.25) is 9.89 Å². The van der Waals surface area contributed by atoms with E-state index in [2.05, 4.69) is 15.5 Å². The number of nitrogens with zero attached hydrogens (tertiary/aromatic N) is 1. The number of methoxy groups -OCH3 is 1. The maximum atomic E-state index is 12.3. The van der Waals surface area contributed by atoms with Gasteiger partial charge in [-0.1, -0.05) is 6.42 Å². The van der Waals surface area contributed by atoms with Crippen molar-refractivity contribution in [1.82, 2.24) is 15.5 Å². The molecular formula is C18H23N3O3. The Balaban J connectivity index is 1.64. The molecule has 1 fully saturated rings. The molecule has 6 nitrogen and oxygen atoms in total.